The van der Waals surface area contributed by atoms with E-state index in [1.54, 1.807) is 0 Å². The van der Waals surface area contributed by atoms with E-state index in [0.717, 1.165) is 26.2 Å². The molecular formula is C24H28N2S. The van der Waals surface area contributed by atoms with Gasteiger partial charge in [0.2, 0.25) is 0 Å². The summed E-state index contributed by atoms with van der Waals surface area (Å²) in [6.07, 6.45) is 1.20. The minimum atomic E-state index is 0.635. The lowest BCUT2D eigenvalue weighted by Crippen LogP contribution is -2.47. The molecule has 1 fully saturated rings. The van der Waals surface area contributed by atoms with Crippen molar-refractivity contribution in [3.8, 4) is 10.4 Å². The third-order valence-electron chi connectivity index (χ3n) is 5.55. The molecule has 4 rings (SSSR count). The Balaban J connectivity index is 1.37. The van der Waals surface area contributed by atoms with E-state index >= 15 is 0 Å². The van der Waals surface area contributed by atoms with Crippen LogP contribution in [0.15, 0.2) is 72.8 Å². The molecule has 2 heterocycles. The van der Waals surface area contributed by atoms with Crippen LogP contribution < -0.4 is 4.90 Å². The van der Waals surface area contributed by atoms with Crippen LogP contribution in [0.2, 0.25) is 0 Å². The summed E-state index contributed by atoms with van der Waals surface area (Å²) in [7, 11) is 0. The lowest BCUT2D eigenvalue weighted by molar-refractivity contribution is 0.241. The van der Waals surface area contributed by atoms with Crippen molar-refractivity contribution in [3.05, 3.63) is 77.7 Å². The molecule has 0 aliphatic carbocycles. The molecule has 140 valence electrons. The molecule has 0 amide bonds. The molecule has 1 unspecified atom stereocenters. The Bertz CT molecular complexity index is 820. The zero-order chi connectivity index (χ0) is 18.5. The molecule has 1 aliphatic rings. The number of hydrogen-bond donors (Lipinski definition) is 0. The maximum atomic E-state index is 2.65. The van der Waals surface area contributed by atoms with Gasteiger partial charge >= 0.3 is 0 Å². The molecule has 1 aliphatic heterocycles. The van der Waals surface area contributed by atoms with E-state index in [2.05, 4.69) is 89.5 Å². The smallest absolute Gasteiger partial charge is 0.0367 e. The predicted octanol–water partition coefficient (Wildman–Crippen LogP) is 5.73. The topological polar surface area (TPSA) is 6.48 Å². The Morgan fingerprint density at radius 2 is 1.48 bits per heavy atom. The summed E-state index contributed by atoms with van der Waals surface area (Å²) in [5.41, 5.74) is 2.69. The van der Waals surface area contributed by atoms with Crippen molar-refractivity contribution in [2.45, 2.75) is 19.3 Å². The number of nitrogens with zero attached hydrogens (tertiary/aromatic N) is 2. The predicted molar refractivity (Wildman–Crippen MR) is 118 cm³/mol. The van der Waals surface area contributed by atoms with Gasteiger partial charge in [-0.2, -0.15) is 0 Å². The minimum Gasteiger partial charge on any atom is -0.369 e. The average Bonchev–Trinajstić information content (AvgIpc) is 3.24. The molecule has 0 radical (unpaired) electrons. The summed E-state index contributed by atoms with van der Waals surface area (Å²) in [4.78, 5) is 8.07. The molecule has 2 nitrogen and oxygen atoms in total. The van der Waals surface area contributed by atoms with Gasteiger partial charge in [-0.1, -0.05) is 55.5 Å². The maximum Gasteiger partial charge on any atom is 0.0367 e. The van der Waals surface area contributed by atoms with Crippen LogP contribution in [0, 0.1) is 0 Å². The first-order valence-corrected chi connectivity index (χ1v) is 10.8. The van der Waals surface area contributed by atoms with Crippen LogP contribution in [-0.4, -0.2) is 37.6 Å². The monoisotopic (exact) mass is 376 g/mol. The number of thiophene rings is 1. The fraction of sp³-hybridized carbons (Fsp3) is 0.333. The van der Waals surface area contributed by atoms with E-state index in [0.29, 0.717) is 5.92 Å². The molecule has 0 bridgehead atoms. The van der Waals surface area contributed by atoms with E-state index in [1.807, 2.05) is 11.3 Å². The van der Waals surface area contributed by atoms with Gasteiger partial charge < -0.3 is 4.90 Å². The molecule has 1 saturated heterocycles. The number of para-hydroxylation sites is 1. The van der Waals surface area contributed by atoms with E-state index in [4.69, 9.17) is 0 Å². The zero-order valence-corrected chi connectivity index (χ0v) is 16.9. The summed E-state index contributed by atoms with van der Waals surface area (Å²) < 4.78 is 0. The highest BCUT2D eigenvalue weighted by Gasteiger charge is 2.21. The maximum absolute atomic E-state index is 2.65. The molecule has 0 N–H and O–H groups in total. The lowest BCUT2D eigenvalue weighted by Gasteiger charge is -2.37. The van der Waals surface area contributed by atoms with Gasteiger partial charge in [-0.3, -0.25) is 4.90 Å². The lowest BCUT2D eigenvalue weighted by atomic mass is 10.0. The Morgan fingerprint density at radius 1 is 0.815 bits per heavy atom. The molecule has 2 aromatic carbocycles. The van der Waals surface area contributed by atoms with Gasteiger partial charge in [0.05, 0.1) is 0 Å². The van der Waals surface area contributed by atoms with Gasteiger partial charge in [0, 0.05) is 54.1 Å². The van der Waals surface area contributed by atoms with Crippen LogP contribution in [0.4, 0.5) is 5.69 Å². The molecule has 1 atom stereocenters. The van der Waals surface area contributed by atoms with Crippen LogP contribution in [-0.2, 0) is 0 Å². The molecule has 3 heteroatoms. The molecule has 0 saturated carbocycles. The van der Waals surface area contributed by atoms with Crippen LogP contribution in [0.3, 0.4) is 0 Å². The molecule has 27 heavy (non-hydrogen) atoms. The molecule has 3 aromatic rings. The van der Waals surface area contributed by atoms with Crippen molar-refractivity contribution >= 4 is 17.0 Å². The van der Waals surface area contributed by atoms with Gasteiger partial charge in [0.25, 0.3) is 0 Å². The Morgan fingerprint density at radius 3 is 2.15 bits per heavy atom. The second kappa shape index (κ2) is 8.73. The molecular weight excluding hydrogens is 348 g/mol. The first-order valence-electron chi connectivity index (χ1n) is 10.0. The third-order valence-corrected chi connectivity index (χ3v) is 6.85. The van der Waals surface area contributed by atoms with Gasteiger partial charge in [-0.15, -0.1) is 11.3 Å². The van der Waals surface area contributed by atoms with Crippen LogP contribution in [0.5, 0.6) is 0 Å². The first-order chi connectivity index (χ1) is 13.3. The standard InChI is InChI=1S/C24H28N2S/c1-2-20(23-13-14-24(27-23)21-9-5-3-6-10-21)19-25-15-17-26(18-16-25)22-11-7-4-8-12-22/h3-14,20H,2,15-19H2,1H3. The van der Waals surface area contributed by atoms with Crippen LogP contribution in [0.25, 0.3) is 10.4 Å². The van der Waals surface area contributed by atoms with Gasteiger partial charge in [-0.25, -0.2) is 0 Å². The third kappa shape index (κ3) is 4.42. The highest BCUT2D eigenvalue weighted by Crippen LogP contribution is 2.34. The van der Waals surface area contributed by atoms with E-state index < -0.39 is 0 Å². The van der Waals surface area contributed by atoms with Gasteiger partial charge in [0.1, 0.15) is 0 Å². The number of anilines is 1. The minimum absolute atomic E-state index is 0.635. The summed E-state index contributed by atoms with van der Waals surface area (Å²) >= 11 is 1.97. The summed E-state index contributed by atoms with van der Waals surface area (Å²) in [6, 6.07) is 26.2. The highest BCUT2D eigenvalue weighted by atomic mass is 32.1. The number of benzene rings is 2. The highest BCUT2D eigenvalue weighted by molar-refractivity contribution is 7.15. The Hall–Kier alpha value is -2.10. The summed E-state index contributed by atoms with van der Waals surface area (Å²) in [5, 5.41) is 0. The summed E-state index contributed by atoms with van der Waals surface area (Å²) in [6.45, 7) is 8.06. The van der Waals surface area contributed by atoms with Crippen molar-refractivity contribution in [1.29, 1.82) is 0 Å². The van der Waals surface area contributed by atoms with Crippen LogP contribution in [0.1, 0.15) is 24.1 Å². The van der Waals surface area contributed by atoms with Crippen molar-refractivity contribution < 1.29 is 0 Å². The molecule has 1 aromatic heterocycles. The Labute approximate surface area is 167 Å². The molecule has 0 spiro atoms. The second-order valence-electron chi connectivity index (χ2n) is 7.30. The average molecular weight is 377 g/mol. The van der Waals surface area contributed by atoms with Gasteiger partial charge in [-0.05, 0) is 36.2 Å². The number of rotatable bonds is 6. The van der Waals surface area contributed by atoms with Crippen molar-refractivity contribution in [2.75, 3.05) is 37.6 Å². The first kappa shape index (κ1) is 18.3. The largest absolute Gasteiger partial charge is 0.369 e. The number of hydrogen-bond acceptors (Lipinski definition) is 3. The van der Waals surface area contributed by atoms with Crippen LogP contribution >= 0.6 is 11.3 Å². The normalized spacial score (nSPS) is 16.4. The van der Waals surface area contributed by atoms with Gasteiger partial charge in [0.15, 0.2) is 0 Å². The van der Waals surface area contributed by atoms with Crippen molar-refractivity contribution in [1.82, 2.24) is 4.90 Å². The summed E-state index contributed by atoms with van der Waals surface area (Å²) in [5.74, 6) is 0.635. The number of piperazine rings is 1. The van der Waals surface area contributed by atoms with E-state index in [1.165, 1.54) is 34.0 Å². The zero-order valence-electron chi connectivity index (χ0n) is 16.1. The van der Waals surface area contributed by atoms with E-state index in [9.17, 15) is 0 Å². The van der Waals surface area contributed by atoms with Crippen molar-refractivity contribution in [3.63, 3.8) is 0 Å². The quantitative estimate of drug-likeness (QED) is 0.542. The van der Waals surface area contributed by atoms with E-state index in [-0.39, 0.29) is 0 Å². The fourth-order valence-corrected chi connectivity index (χ4v) is 5.08. The second-order valence-corrected chi connectivity index (χ2v) is 8.41. The SMILES string of the molecule is CCC(CN1CCN(c2ccccc2)CC1)c1ccc(-c2ccccc2)s1. The van der Waals surface area contributed by atoms with Crippen molar-refractivity contribution in [2.24, 2.45) is 0 Å². The fourth-order valence-electron chi connectivity index (χ4n) is 3.89. The Kier molecular flexibility index (Phi) is 5.90.